The van der Waals surface area contributed by atoms with Gasteiger partial charge < -0.3 is 4.74 Å². The number of methoxy groups -OCH3 is 1. The Morgan fingerprint density at radius 2 is 1.94 bits per heavy atom. The van der Waals surface area contributed by atoms with E-state index >= 15 is 0 Å². The van der Waals surface area contributed by atoms with Crippen molar-refractivity contribution < 1.29 is 4.74 Å². The Morgan fingerprint density at radius 3 is 2.39 bits per heavy atom. The average molecular weight is 268 g/mol. The van der Waals surface area contributed by atoms with Crippen molar-refractivity contribution in [2.24, 2.45) is 5.84 Å². The van der Waals surface area contributed by atoms with E-state index < -0.39 is 0 Å². The van der Waals surface area contributed by atoms with Gasteiger partial charge in [-0.25, -0.2) is 0 Å². The Balaban J connectivity index is 2.65. The number of nitrogens with one attached hydrogen (secondary N) is 1. The number of nitrogens with two attached hydrogens (primary N) is 1. The zero-order chi connectivity index (χ0) is 13.6. The number of benzene rings is 1. The van der Waals surface area contributed by atoms with Gasteiger partial charge in [0.2, 0.25) is 0 Å². The van der Waals surface area contributed by atoms with Gasteiger partial charge in [0.15, 0.2) is 0 Å². The first-order chi connectivity index (χ1) is 8.52. The van der Waals surface area contributed by atoms with Crippen molar-refractivity contribution in [2.75, 3.05) is 13.4 Å². The molecule has 0 aliphatic rings. The third-order valence-electron chi connectivity index (χ3n) is 3.31. The maximum Gasteiger partial charge on any atom is 0.0623 e. The van der Waals surface area contributed by atoms with Crippen LogP contribution < -0.4 is 11.3 Å². The molecule has 18 heavy (non-hydrogen) atoms. The van der Waals surface area contributed by atoms with Crippen LogP contribution in [0.25, 0.3) is 0 Å². The van der Waals surface area contributed by atoms with Crippen molar-refractivity contribution in [3.8, 4) is 0 Å². The van der Waals surface area contributed by atoms with Gasteiger partial charge in [-0.2, -0.15) is 0 Å². The molecule has 1 aromatic rings. The topological polar surface area (TPSA) is 47.3 Å². The Morgan fingerprint density at radius 1 is 1.33 bits per heavy atom. The van der Waals surface area contributed by atoms with E-state index in [-0.39, 0.29) is 11.6 Å². The van der Waals surface area contributed by atoms with E-state index in [0.29, 0.717) is 0 Å². The summed E-state index contributed by atoms with van der Waals surface area (Å²) in [4.78, 5) is 1.27. The highest BCUT2D eigenvalue weighted by molar-refractivity contribution is 7.98. The minimum atomic E-state index is -0.103. The maximum absolute atomic E-state index is 5.65. The summed E-state index contributed by atoms with van der Waals surface area (Å²) < 4.78 is 5.43. The van der Waals surface area contributed by atoms with Gasteiger partial charge in [-0.05, 0) is 50.6 Å². The van der Waals surface area contributed by atoms with Crippen molar-refractivity contribution in [3.63, 3.8) is 0 Å². The number of ether oxygens (including phenoxy) is 1. The molecule has 0 heterocycles. The molecule has 0 fully saturated rings. The van der Waals surface area contributed by atoms with Crippen LogP contribution >= 0.6 is 11.8 Å². The van der Waals surface area contributed by atoms with Crippen LogP contribution in [-0.4, -0.2) is 19.0 Å². The van der Waals surface area contributed by atoms with Crippen LogP contribution in [0.3, 0.4) is 0 Å². The lowest BCUT2D eigenvalue weighted by Crippen LogP contribution is -2.31. The molecule has 0 aromatic heterocycles. The van der Waals surface area contributed by atoms with Gasteiger partial charge in [-0.15, -0.1) is 11.8 Å². The summed E-state index contributed by atoms with van der Waals surface area (Å²) >= 11 is 1.75. The summed E-state index contributed by atoms with van der Waals surface area (Å²) in [5.74, 6) is 5.65. The van der Waals surface area contributed by atoms with E-state index in [0.717, 1.165) is 12.8 Å². The van der Waals surface area contributed by atoms with E-state index in [1.807, 2.05) is 0 Å². The summed E-state index contributed by atoms with van der Waals surface area (Å²) in [6, 6.07) is 8.71. The summed E-state index contributed by atoms with van der Waals surface area (Å²) in [5.41, 5.74) is 4.01. The van der Waals surface area contributed by atoms with Gasteiger partial charge in [0, 0.05) is 18.0 Å². The first-order valence-corrected chi connectivity index (χ1v) is 7.40. The van der Waals surface area contributed by atoms with Crippen LogP contribution in [-0.2, 0) is 4.74 Å². The molecular weight excluding hydrogens is 244 g/mol. The van der Waals surface area contributed by atoms with Crippen molar-refractivity contribution in [3.05, 3.63) is 29.8 Å². The lowest BCUT2D eigenvalue weighted by molar-refractivity contribution is 0.0117. The smallest absolute Gasteiger partial charge is 0.0623 e. The summed E-state index contributed by atoms with van der Waals surface area (Å²) in [7, 11) is 1.75. The molecule has 0 bridgehead atoms. The number of hydrazine groups is 1. The molecule has 0 radical (unpaired) electrons. The normalized spacial score (nSPS) is 13.6. The zero-order valence-electron chi connectivity index (χ0n) is 11.7. The second-order valence-corrected chi connectivity index (χ2v) is 5.87. The fourth-order valence-electron chi connectivity index (χ4n) is 1.78. The van der Waals surface area contributed by atoms with E-state index in [2.05, 4.69) is 49.8 Å². The first kappa shape index (κ1) is 15.5. The highest BCUT2D eigenvalue weighted by Gasteiger charge is 2.19. The maximum atomic E-state index is 5.65. The highest BCUT2D eigenvalue weighted by Crippen LogP contribution is 2.25. The van der Waals surface area contributed by atoms with Crippen LogP contribution in [0.1, 0.15) is 38.3 Å². The lowest BCUT2D eigenvalue weighted by Gasteiger charge is -2.26. The highest BCUT2D eigenvalue weighted by atomic mass is 32.2. The SMILES string of the molecule is COC(C)(C)CCC(NN)c1ccc(SC)cc1. The van der Waals surface area contributed by atoms with E-state index in [1.165, 1.54) is 10.5 Å². The number of hydrogen-bond acceptors (Lipinski definition) is 4. The molecule has 3 nitrogen and oxygen atoms in total. The third kappa shape index (κ3) is 4.61. The molecular formula is C14H24N2OS. The Labute approximate surface area is 114 Å². The van der Waals surface area contributed by atoms with Crippen LogP contribution in [0.5, 0.6) is 0 Å². The first-order valence-electron chi connectivity index (χ1n) is 6.17. The predicted molar refractivity (Wildman–Crippen MR) is 78.6 cm³/mol. The molecule has 0 aliphatic carbocycles. The van der Waals surface area contributed by atoms with E-state index in [4.69, 9.17) is 10.6 Å². The van der Waals surface area contributed by atoms with Crippen molar-refractivity contribution in [1.29, 1.82) is 0 Å². The third-order valence-corrected chi connectivity index (χ3v) is 4.05. The zero-order valence-corrected chi connectivity index (χ0v) is 12.5. The minimum absolute atomic E-state index is 0.103. The summed E-state index contributed by atoms with van der Waals surface area (Å²) in [6.45, 7) is 4.19. The molecule has 0 spiro atoms. The second-order valence-electron chi connectivity index (χ2n) is 4.99. The van der Waals surface area contributed by atoms with Gasteiger partial charge in [0.05, 0.1) is 5.60 Å². The fraction of sp³-hybridized carbons (Fsp3) is 0.571. The molecule has 0 saturated heterocycles. The van der Waals surface area contributed by atoms with E-state index in [1.54, 1.807) is 18.9 Å². The van der Waals surface area contributed by atoms with Crippen LogP contribution in [0, 0.1) is 0 Å². The van der Waals surface area contributed by atoms with Crippen molar-refractivity contribution in [2.45, 2.75) is 43.2 Å². The van der Waals surface area contributed by atoms with Gasteiger partial charge >= 0.3 is 0 Å². The van der Waals surface area contributed by atoms with E-state index in [9.17, 15) is 0 Å². The summed E-state index contributed by atoms with van der Waals surface area (Å²) in [5, 5.41) is 0. The molecule has 0 aliphatic heterocycles. The van der Waals surface area contributed by atoms with Crippen LogP contribution in [0.2, 0.25) is 0 Å². The van der Waals surface area contributed by atoms with Crippen molar-refractivity contribution in [1.82, 2.24) is 5.43 Å². The van der Waals surface area contributed by atoms with Crippen molar-refractivity contribution >= 4 is 11.8 Å². The molecule has 102 valence electrons. The van der Waals surface area contributed by atoms with Gasteiger partial charge in [-0.3, -0.25) is 11.3 Å². The quantitative estimate of drug-likeness (QED) is 0.453. The fourth-order valence-corrected chi connectivity index (χ4v) is 2.18. The Kier molecular flexibility index (Phi) is 6.15. The predicted octanol–water partition coefficient (Wildman–Crippen LogP) is 3.12. The second kappa shape index (κ2) is 7.14. The minimum Gasteiger partial charge on any atom is -0.379 e. The Bertz CT molecular complexity index is 351. The standard InChI is InChI=1S/C14H24N2OS/c1-14(2,17-3)10-9-13(16-15)11-5-7-12(18-4)8-6-11/h5-8,13,16H,9-10,15H2,1-4H3. The number of thioether (sulfide) groups is 1. The molecule has 1 atom stereocenters. The number of hydrogen-bond donors (Lipinski definition) is 2. The molecule has 0 amide bonds. The Hall–Kier alpha value is -0.550. The molecule has 1 unspecified atom stereocenters. The molecule has 1 aromatic carbocycles. The van der Waals surface area contributed by atoms with Crippen LogP contribution in [0.15, 0.2) is 29.2 Å². The lowest BCUT2D eigenvalue weighted by atomic mass is 9.95. The molecule has 0 saturated carbocycles. The average Bonchev–Trinajstić information content (AvgIpc) is 2.40. The van der Waals surface area contributed by atoms with Gasteiger partial charge in [-0.1, -0.05) is 12.1 Å². The van der Waals surface area contributed by atoms with Gasteiger partial charge in [0.25, 0.3) is 0 Å². The largest absolute Gasteiger partial charge is 0.379 e. The monoisotopic (exact) mass is 268 g/mol. The molecule has 1 rings (SSSR count). The van der Waals surface area contributed by atoms with Crippen LogP contribution in [0.4, 0.5) is 0 Å². The number of rotatable bonds is 7. The molecule has 4 heteroatoms. The van der Waals surface area contributed by atoms with Gasteiger partial charge in [0.1, 0.15) is 0 Å². The summed E-state index contributed by atoms with van der Waals surface area (Å²) in [6.07, 6.45) is 3.99. The molecule has 3 N–H and O–H groups in total.